The molecule has 10 heteroatoms. The Morgan fingerprint density at radius 1 is 1.40 bits per heavy atom. The van der Waals surface area contributed by atoms with Crippen LogP contribution >= 0.6 is 23.1 Å². The van der Waals surface area contributed by atoms with E-state index in [0.29, 0.717) is 27.5 Å². The lowest BCUT2D eigenvalue weighted by Gasteiger charge is -2.18. The van der Waals surface area contributed by atoms with Crippen molar-refractivity contribution in [3.63, 3.8) is 0 Å². The van der Waals surface area contributed by atoms with Crippen molar-refractivity contribution in [1.29, 1.82) is 0 Å². The van der Waals surface area contributed by atoms with E-state index in [0.717, 1.165) is 35.3 Å². The first-order valence-electron chi connectivity index (χ1n) is 9.60. The van der Waals surface area contributed by atoms with Gasteiger partial charge in [-0.05, 0) is 42.9 Å². The molecule has 2 amide bonds. The zero-order valence-electron chi connectivity index (χ0n) is 16.7. The Hall–Kier alpha value is -2.72. The predicted octanol–water partition coefficient (Wildman–Crippen LogP) is 2.89. The Morgan fingerprint density at radius 3 is 2.97 bits per heavy atom. The molecule has 3 aromatic heterocycles. The molecule has 0 spiro atoms. The third-order valence-corrected chi connectivity index (χ3v) is 7.29. The standard InChI is InChI=1S/C20H22N6O2S2/c1-11-5-6-13-14(8-11)30-19(16(13)17(21)28)23-15(27)10-29-20-25-24-18(26(20)2)12-4-3-7-22-9-12/h3-4,7,9,11H,5-6,8,10H2,1-2H3,(H2,21,28)(H,23,27)/t11-/m1/s1. The second kappa shape index (κ2) is 8.57. The molecular formula is C20H22N6O2S2. The maximum absolute atomic E-state index is 12.6. The van der Waals surface area contributed by atoms with Crippen molar-refractivity contribution in [3.05, 3.63) is 40.5 Å². The zero-order chi connectivity index (χ0) is 21.3. The van der Waals surface area contributed by atoms with Gasteiger partial charge in [-0.3, -0.25) is 14.6 Å². The number of amides is 2. The molecule has 1 aliphatic rings. The number of carbonyl (C=O) groups is 2. The van der Waals surface area contributed by atoms with Crippen molar-refractivity contribution in [2.24, 2.45) is 18.7 Å². The van der Waals surface area contributed by atoms with Crippen LogP contribution in [0, 0.1) is 5.92 Å². The number of thioether (sulfide) groups is 1. The summed E-state index contributed by atoms with van der Waals surface area (Å²) in [5.41, 5.74) is 7.95. The van der Waals surface area contributed by atoms with E-state index in [1.807, 2.05) is 23.7 Å². The van der Waals surface area contributed by atoms with Crippen LogP contribution in [0.2, 0.25) is 0 Å². The molecule has 1 aliphatic carbocycles. The van der Waals surface area contributed by atoms with Crippen molar-refractivity contribution >= 4 is 39.9 Å². The van der Waals surface area contributed by atoms with Gasteiger partial charge >= 0.3 is 0 Å². The Kier molecular flexibility index (Phi) is 5.87. The summed E-state index contributed by atoms with van der Waals surface area (Å²) in [6.45, 7) is 2.20. The summed E-state index contributed by atoms with van der Waals surface area (Å²) in [6.07, 6.45) is 6.19. The Labute approximate surface area is 182 Å². The number of nitrogens with one attached hydrogen (secondary N) is 1. The van der Waals surface area contributed by atoms with Gasteiger partial charge in [0.25, 0.3) is 5.91 Å². The lowest BCUT2D eigenvalue weighted by Crippen LogP contribution is -2.20. The van der Waals surface area contributed by atoms with Crippen LogP contribution in [0.25, 0.3) is 11.4 Å². The highest BCUT2D eigenvalue weighted by Crippen LogP contribution is 2.39. The lowest BCUT2D eigenvalue weighted by atomic mass is 9.88. The van der Waals surface area contributed by atoms with Gasteiger partial charge in [0.05, 0.1) is 11.3 Å². The number of hydrogen-bond donors (Lipinski definition) is 2. The van der Waals surface area contributed by atoms with E-state index in [9.17, 15) is 9.59 Å². The average molecular weight is 443 g/mol. The van der Waals surface area contributed by atoms with Gasteiger partial charge in [-0.1, -0.05) is 18.7 Å². The Bertz CT molecular complexity index is 1090. The van der Waals surface area contributed by atoms with Crippen molar-refractivity contribution < 1.29 is 9.59 Å². The molecule has 0 saturated heterocycles. The molecule has 0 saturated carbocycles. The average Bonchev–Trinajstić information content (AvgIpc) is 3.26. The maximum atomic E-state index is 12.6. The van der Waals surface area contributed by atoms with Crippen LogP contribution in [0.5, 0.6) is 0 Å². The fraction of sp³-hybridized carbons (Fsp3) is 0.350. The number of aromatic nitrogens is 4. The summed E-state index contributed by atoms with van der Waals surface area (Å²) in [4.78, 5) is 29.9. The van der Waals surface area contributed by atoms with E-state index in [-0.39, 0.29) is 11.7 Å². The number of nitrogens with zero attached hydrogens (tertiary/aromatic N) is 4. The Morgan fingerprint density at radius 2 is 2.23 bits per heavy atom. The van der Waals surface area contributed by atoms with E-state index in [2.05, 4.69) is 27.4 Å². The van der Waals surface area contributed by atoms with Gasteiger partial charge in [-0.15, -0.1) is 21.5 Å². The number of primary amides is 1. The third kappa shape index (κ3) is 4.10. The van der Waals surface area contributed by atoms with Gasteiger partial charge in [-0.2, -0.15) is 0 Å². The van der Waals surface area contributed by atoms with Crippen molar-refractivity contribution in [3.8, 4) is 11.4 Å². The van der Waals surface area contributed by atoms with Gasteiger partial charge in [-0.25, -0.2) is 0 Å². The van der Waals surface area contributed by atoms with Gasteiger partial charge in [0.15, 0.2) is 11.0 Å². The molecule has 3 heterocycles. The molecule has 1 atom stereocenters. The minimum atomic E-state index is -0.487. The number of thiophene rings is 1. The first-order valence-corrected chi connectivity index (χ1v) is 11.4. The minimum Gasteiger partial charge on any atom is -0.365 e. The van der Waals surface area contributed by atoms with Gasteiger partial charge in [0, 0.05) is 29.9 Å². The van der Waals surface area contributed by atoms with E-state index >= 15 is 0 Å². The molecule has 156 valence electrons. The van der Waals surface area contributed by atoms with Crippen LogP contribution in [0.4, 0.5) is 5.00 Å². The molecule has 0 radical (unpaired) electrons. The van der Waals surface area contributed by atoms with E-state index < -0.39 is 5.91 Å². The van der Waals surface area contributed by atoms with Crippen LogP contribution < -0.4 is 11.1 Å². The molecule has 30 heavy (non-hydrogen) atoms. The van der Waals surface area contributed by atoms with Gasteiger partial charge in [0.2, 0.25) is 5.91 Å². The minimum absolute atomic E-state index is 0.149. The fourth-order valence-corrected chi connectivity index (χ4v) is 5.72. The number of hydrogen-bond acceptors (Lipinski definition) is 7. The second-order valence-corrected chi connectivity index (χ2v) is 9.41. The van der Waals surface area contributed by atoms with Crippen LogP contribution in [-0.2, 0) is 24.7 Å². The third-order valence-electron chi connectivity index (χ3n) is 5.10. The first-order chi connectivity index (χ1) is 14.4. The first kappa shape index (κ1) is 20.5. The van der Waals surface area contributed by atoms with E-state index in [4.69, 9.17) is 5.73 Å². The van der Waals surface area contributed by atoms with Crippen LogP contribution in [0.1, 0.15) is 34.1 Å². The molecule has 4 rings (SSSR count). The molecule has 3 N–H and O–H groups in total. The molecule has 3 aromatic rings. The predicted molar refractivity (Wildman–Crippen MR) is 118 cm³/mol. The van der Waals surface area contributed by atoms with Crippen LogP contribution in [-0.4, -0.2) is 37.3 Å². The molecule has 0 aromatic carbocycles. The van der Waals surface area contributed by atoms with Crippen molar-refractivity contribution in [1.82, 2.24) is 19.7 Å². The van der Waals surface area contributed by atoms with Crippen molar-refractivity contribution in [2.75, 3.05) is 11.1 Å². The summed E-state index contributed by atoms with van der Waals surface area (Å²) in [7, 11) is 1.85. The van der Waals surface area contributed by atoms with E-state index in [1.165, 1.54) is 23.1 Å². The molecular weight excluding hydrogens is 420 g/mol. The van der Waals surface area contributed by atoms with Crippen LogP contribution in [0.3, 0.4) is 0 Å². The van der Waals surface area contributed by atoms with Crippen LogP contribution in [0.15, 0.2) is 29.7 Å². The lowest BCUT2D eigenvalue weighted by molar-refractivity contribution is -0.113. The largest absolute Gasteiger partial charge is 0.365 e. The number of anilines is 1. The molecule has 0 bridgehead atoms. The number of rotatable bonds is 6. The summed E-state index contributed by atoms with van der Waals surface area (Å²) in [5, 5.41) is 12.4. The quantitative estimate of drug-likeness (QED) is 0.567. The maximum Gasteiger partial charge on any atom is 0.251 e. The summed E-state index contributed by atoms with van der Waals surface area (Å²) in [5.74, 6) is 0.707. The molecule has 0 fully saturated rings. The highest BCUT2D eigenvalue weighted by molar-refractivity contribution is 7.99. The highest BCUT2D eigenvalue weighted by atomic mass is 32.2. The second-order valence-electron chi connectivity index (χ2n) is 7.36. The number of nitrogens with two attached hydrogens (primary N) is 1. The number of fused-ring (bicyclic) bond motifs is 1. The van der Waals surface area contributed by atoms with Gasteiger partial charge in [0.1, 0.15) is 5.00 Å². The topological polar surface area (TPSA) is 116 Å². The molecule has 0 aliphatic heterocycles. The van der Waals surface area contributed by atoms with Gasteiger partial charge < -0.3 is 15.6 Å². The SMILES string of the molecule is C[C@@H]1CCc2c(sc(NC(=O)CSc3nnc(-c4cccnc4)n3C)c2C(N)=O)C1. The van der Waals surface area contributed by atoms with E-state index in [1.54, 1.807) is 12.4 Å². The number of pyridine rings is 1. The molecule has 0 unspecified atom stereocenters. The molecule has 8 nitrogen and oxygen atoms in total. The fourth-order valence-electron chi connectivity index (χ4n) is 3.58. The highest BCUT2D eigenvalue weighted by Gasteiger charge is 2.27. The summed E-state index contributed by atoms with van der Waals surface area (Å²) < 4.78 is 1.83. The Balaban J connectivity index is 1.45. The summed E-state index contributed by atoms with van der Waals surface area (Å²) in [6, 6.07) is 3.74. The number of carbonyl (C=O) groups excluding carboxylic acids is 2. The summed E-state index contributed by atoms with van der Waals surface area (Å²) >= 11 is 2.75. The normalized spacial score (nSPS) is 15.6. The zero-order valence-corrected chi connectivity index (χ0v) is 18.3. The van der Waals surface area contributed by atoms with Crippen molar-refractivity contribution in [2.45, 2.75) is 31.3 Å². The smallest absolute Gasteiger partial charge is 0.251 e. The monoisotopic (exact) mass is 442 g/mol.